The Labute approximate surface area is 160 Å². The average Bonchev–Trinajstić information content (AvgIpc) is 2.61. The number of hydrogen-bond acceptors (Lipinski definition) is 5. The van der Waals surface area contributed by atoms with Crippen molar-refractivity contribution in [1.29, 1.82) is 0 Å². The monoisotopic (exact) mass is 384 g/mol. The predicted octanol–water partition coefficient (Wildman–Crippen LogP) is 3.96. The number of nitrogens with zero attached hydrogens (tertiary/aromatic N) is 1. The fourth-order valence-corrected chi connectivity index (χ4v) is 3.75. The summed E-state index contributed by atoms with van der Waals surface area (Å²) in [7, 11) is -3.62. The van der Waals surface area contributed by atoms with Gasteiger partial charge in [-0.25, -0.2) is 8.42 Å². The highest BCUT2D eigenvalue weighted by Gasteiger charge is 2.36. The Morgan fingerprint density at radius 1 is 0.926 bits per heavy atom. The topological polar surface area (TPSA) is 82.3 Å². The Kier molecular flexibility index (Phi) is 4.74. The molecule has 0 aliphatic heterocycles. The van der Waals surface area contributed by atoms with Crippen molar-refractivity contribution in [3.8, 4) is 5.75 Å². The van der Waals surface area contributed by atoms with Crippen LogP contribution in [0.25, 0.3) is 10.9 Å². The van der Waals surface area contributed by atoms with Crippen LogP contribution < -0.4 is 10.5 Å². The van der Waals surface area contributed by atoms with Gasteiger partial charge in [0.25, 0.3) is 0 Å². The maximum Gasteiger partial charge on any atom is 0.208 e. The number of para-hydroxylation sites is 1. The van der Waals surface area contributed by atoms with E-state index in [1.165, 1.54) is 6.20 Å². The van der Waals surface area contributed by atoms with Crippen LogP contribution in [-0.2, 0) is 9.84 Å². The van der Waals surface area contributed by atoms with Crippen molar-refractivity contribution in [3.63, 3.8) is 0 Å². The number of rotatable bonds is 5. The number of aromatic nitrogens is 1. The molecule has 142 valence electrons. The molecular formula is C21H24N2O3S. The molecule has 0 atom stereocenters. The van der Waals surface area contributed by atoms with Crippen LogP contribution in [0.2, 0.25) is 0 Å². The summed E-state index contributed by atoms with van der Waals surface area (Å²) in [6, 6.07) is 15.4. The zero-order valence-electron chi connectivity index (χ0n) is 15.9. The zero-order chi connectivity index (χ0) is 19.9. The van der Waals surface area contributed by atoms with E-state index < -0.39 is 21.0 Å². The molecule has 1 aromatic heterocycles. The third-order valence-corrected chi connectivity index (χ3v) is 6.67. The Hall–Kier alpha value is -2.44. The molecule has 3 rings (SSSR count). The number of ether oxygens (including phenoxy) is 1. The van der Waals surface area contributed by atoms with Gasteiger partial charge >= 0.3 is 0 Å². The van der Waals surface area contributed by atoms with Gasteiger partial charge in [0, 0.05) is 17.1 Å². The van der Waals surface area contributed by atoms with E-state index in [1.54, 1.807) is 36.4 Å². The van der Waals surface area contributed by atoms with Gasteiger partial charge in [-0.15, -0.1) is 0 Å². The minimum absolute atomic E-state index is 0.150. The minimum atomic E-state index is -3.62. The standard InChI is InChI=1S/C21H24N2O3S/c1-20(2,22)21(3,4)26-18-12-8-9-15-13-17(14-23-19(15)18)27(24,25)16-10-6-5-7-11-16/h5-14H,22H2,1-4H3. The maximum absolute atomic E-state index is 12.8. The number of sulfone groups is 1. The van der Waals surface area contributed by atoms with Crippen LogP contribution in [-0.4, -0.2) is 24.5 Å². The summed E-state index contributed by atoms with van der Waals surface area (Å²) in [5, 5.41) is 0.690. The fraction of sp³-hybridized carbons (Fsp3) is 0.286. The quantitative estimate of drug-likeness (QED) is 0.720. The molecule has 0 amide bonds. The van der Waals surface area contributed by atoms with E-state index in [2.05, 4.69) is 4.98 Å². The highest BCUT2D eigenvalue weighted by atomic mass is 32.2. The second kappa shape index (κ2) is 6.62. The third kappa shape index (κ3) is 3.68. The summed E-state index contributed by atoms with van der Waals surface area (Å²) in [6.07, 6.45) is 1.37. The van der Waals surface area contributed by atoms with Crippen LogP contribution in [0.1, 0.15) is 27.7 Å². The molecule has 1 heterocycles. The smallest absolute Gasteiger partial charge is 0.208 e. The summed E-state index contributed by atoms with van der Waals surface area (Å²) in [5.74, 6) is 0.569. The molecule has 5 nitrogen and oxygen atoms in total. The number of fused-ring (bicyclic) bond motifs is 1. The van der Waals surface area contributed by atoms with Crippen molar-refractivity contribution in [2.45, 2.75) is 48.6 Å². The second-order valence-corrected chi connectivity index (χ2v) is 9.60. The van der Waals surface area contributed by atoms with Gasteiger partial charge in [-0.05, 0) is 52.0 Å². The molecule has 0 aliphatic carbocycles. The third-order valence-electron chi connectivity index (χ3n) is 4.93. The van der Waals surface area contributed by atoms with Gasteiger partial charge in [0.1, 0.15) is 16.9 Å². The van der Waals surface area contributed by atoms with E-state index in [4.69, 9.17) is 10.5 Å². The van der Waals surface area contributed by atoms with Gasteiger partial charge in [0.2, 0.25) is 9.84 Å². The molecule has 6 heteroatoms. The van der Waals surface area contributed by atoms with E-state index in [9.17, 15) is 8.42 Å². The van der Waals surface area contributed by atoms with Gasteiger partial charge in [-0.1, -0.05) is 30.3 Å². The van der Waals surface area contributed by atoms with E-state index in [0.29, 0.717) is 16.7 Å². The van der Waals surface area contributed by atoms with Crippen molar-refractivity contribution in [1.82, 2.24) is 4.98 Å². The van der Waals surface area contributed by atoms with Crippen LogP contribution in [0.4, 0.5) is 0 Å². The highest BCUT2D eigenvalue weighted by molar-refractivity contribution is 7.91. The Balaban J connectivity index is 2.06. The lowest BCUT2D eigenvalue weighted by molar-refractivity contribution is 0.0418. The van der Waals surface area contributed by atoms with Gasteiger partial charge in [-0.2, -0.15) is 0 Å². The van der Waals surface area contributed by atoms with Crippen molar-refractivity contribution in [2.75, 3.05) is 0 Å². The fourth-order valence-electron chi connectivity index (χ4n) is 2.48. The summed E-state index contributed by atoms with van der Waals surface area (Å²) < 4.78 is 31.8. The molecule has 0 unspecified atom stereocenters. The van der Waals surface area contributed by atoms with E-state index in [1.807, 2.05) is 45.9 Å². The van der Waals surface area contributed by atoms with Gasteiger partial charge in [0.05, 0.1) is 9.79 Å². The van der Waals surface area contributed by atoms with E-state index in [-0.39, 0.29) is 9.79 Å². The lowest BCUT2D eigenvalue weighted by atomic mass is 9.87. The van der Waals surface area contributed by atoms with Crippen molar-refractivity contribution in [3.05, 3.63) is 60.8 Å². The van der Waals surface area contributed by atoms with Crippen molar-refractivity contribution in [2.24, 2.45) is 5.73 Å². The molecule has 0 saturated heterocycles. The number of pyridine rings is 1. The molecule has 27 heavy (non-hydrogen) atoms. The first-order valence-electron chi connectivity index (χ1n) is 8.69. The Bertz CT molecular complexity index is 1070. The summed E-state index contributed by atoms with van der Waals surface area (Å²) >= 11 is 0. The van der Waals surface area contributed by atoms with E-state index >= 15 is 0 Å². The Morgan fingerprint density at radius 2 is 1.59 bits per heavy atom. The Morgan fingerprint density at radius 3 is 2.22 bits per heavy atom. The summed E-state index contributed by atoms with van der Waals surface area (Å²) in [5.41, 5.74) is 5.61. The molecule has 0 aliphatic rings. The average molecular weight is 385 g/mol. The molecule has 2 N–H and O–H groups in total. The van der Waals surface area contributed by atoms with Crippen molar-refractivity contribution < 1.29 is 13.2 Å². The minimum Gasteiger partial charge on any atom is -0.484 e. The summed E-state index contributed by atoms with van der Waals surface area (Å²) in [6.45, 7) is 7.63. The van der Waals surface area contributed by atoms with Crippen LogP contribution in [0.15, 0.2) is 70.6 Å². The zero-order valence-corrected chi connectivity index (χ0v) is 16.7. The summed E-state index contributed by atoms with van der Waals surface area (Å²) in [4.78, 5) is 4.78. The first-order chi connectivity index (χ1) is 12.5. The van der Waals surface area contributed by atoms with Crippen molar-refractivity contribution >= 4 is 20.7 Å². The molecule has 0 fully saturated rings. The van der Waals surface area contributed by atoms with Crippen LogP contribution >= 0.6 is 0 Å². The molecule has 0 spiro atoms. The van der Waals surface area contributed by atoms with Gasteiger partial charge < -0.3 is 10.5 Å². The highest BCUT2D eigenvalue weighted by Crippen LogP contribution is 2.32. The largest absolute Gasteiger partial charge is 0.484 e. The molecule has 2 aromatic carbocycles. The lowest BCUT2D eigenvalue weighted by Crippen LogP contribution is -2.56. The SMILES string of the molecule is CC(C)(N)C(C)(C)Oc1cccc2cc(S(=O)(=O)c3ccccc3)cnc12. The molecule has 0 radical (unpaired) electrons. The molecule has 0 bridgehead atoms. The molecule has 3 aromatic rings. The number of benzene rings is 2. The van der Waals surface area contributed by atoms with E-state index in [0.717, 1.165) is 0 Å². The lowest BCUT2D eigenvalue weighted by Gasteiger charge is -2.38. The van der Waals surface area contributed by atoms with Crippen LogP contribution in [0.5, 0.6) is 5.75 Å². The normalized spacial score (nSPS) is 12.9. The van der Waals surface area contributed by atoms with Crippen LogP contribution in [0.3, 0.4) is 0 Å². The molecule has 0 saturated carbocycles. The molecular weight excluding hydrogens is 360 g/mol. The maximum atomic E-state index is 12.8. The number of nitrogens with two attached hydrogens (primary N) is 1. The van der Waals surface area contributed by atoms with Crippen LogP contribution in [0, 0.1) is 0 Å². The first kappa shape index (κ1) is 19.3. The number of hydrogen-bond donors (Lipinski definition) is 1. The predicted molar refractivity (Wildman–Crippen MR) is 107 cm³/mol. The van der Waals surface area contributed by atoms with Gasteiger partial charge in [-0.3, -0.25) is 4.98 Å². The van der Waals surface area contributed by atoms with Gasteiger partial charge in [0.15, 0.2) is 0 Å². The second-order valence-electron chi connectivity index (χ2n) is 7.65. The first-order valence-corrected chi connectivity index (χ1v) is 10.2.